The van der Waals surface area contributed by atoms with Gasteiger partial charge >= 0.3 is 0 Å². The average molecular weight is 413 g/mol. The molecule has 0 bridgehead atoms. The van der Waals surface area contributed by atoms with Crippen molar-refractivity contribution in [2.75, 3.05) is 6.54 Å². The van der Waals surface area contributed by atoms with Gasteiger partial charge in [0.1, 0.15) is 11.9 Å². The lowest BCUT2D eigenvalue weighted by Crippen LogP contribution is -2.50. The highest BCUT2D eigenvalue weighted by molar-refractivity contribution is 5.88. The highest BCUT2D eigenvalue weighted by Crippen LogP contribution is 2.18. The van der Waals surface area contributed by atoms with Crippen LogP contribution in [0.5, 0.6) is 0 Å². The number of benzene rings is 2. The van der Waals surface area contributed by atoms with E-state index < -0.39 is 6.04 Å². The number of halogens is 1. The summed E-state index contributed by atoms with van der Waals surface area (Å²) in [5, 5.41) is 2.95. The monoisotopic (exact) mass is 412 g/mol. The molecular weight excluding hydrogens is 379 g/mol. The molecule has 0 aliphatic rings. The average Bonchev–Trinajstić information content (AvgIpc) is 2.70. The maximum atomic E-state index is 13.4. The molecule has 4 nitrogen and oxygen atoms in total. The van der Waals surface area contributed by atoms with Crippen molar-refractivity contribution >= 4 is 11.8 Å². The molecule has 0 saturated heterocycles. The minimum atomic E-state index is -0.577. The van der Waals surface area contributed by atoms with Gasteiger partial charge in [-0.25, -0.2) is 4.39 Å². The summed E-state index contributed by atoms with van der Waals surface area (Å²) in [4.78, 5) is 27.9. The third-order valence-electron chi connectivity index (χ3n) is 5.18. The molecule has 0 radical (unpaired) electrons. The molecule has 5 heteroatoms. The molecule has 2 rings (SSSR count). The number of carbonyl (C=O) groups excluding carboxylic acids is 2. The minimum Gasteiger partial charge on any atom is -0.354 e. The molecule has 0 unspecified atom stereocenters. The van der Waals surface area contributed by atoms with E-state index in [4.69, 9.17) is 0 Å². The van der Waals surface area contributed by atoms with Crippen LogP contribution in [0.1, 0.15) is 49.4 Å². The molecule has 0 aliphatic carbocycles. The first kappa shape index (κ1) is 23.6. The third-order valence-corrected chi connectivity index (χ3v) is 5.18. The second kappa shape index (κ2) is 10.9. The topological polar surface area (TPSA) is 49.4 Å². The van der Waals surface area contributed by atoms with Gasteiger partial charge in [0.25, 0.3) is 0 Å². The molecule has 162 valence electrons. The fraction of sp³-hybridized carbons (Fsp3) is 0.440. The van der Waals surface area contributed by atoms with E-state index in [0.717, 1.165) is 22.3 Å². The maximum absolute atomic E-state index is 13.4. The summed E-state index contributed by atoms with van der Waals surface area (Å²) in [6, 6.07) is 11.5. The molecule has 2 aromatic rings. The van der Waals surface area contributed by atoms with Crippen molar-refractivity contribution in [3.05, 3.63) is 70.5 Å². The minimum absolute atomic E-state index is 0.112. The van der Waals surface area contributed by atoms with E-state index >= 15 is 0 Å². The molecule has 2 aromatic carbocycles. The second-order valence-corrected chi connectivity index (χ2v) is 8.32. The third kappa shape index (κ3) is 6.68. The largest absolute Gasteiger partial charge is 0.354 e. The fourth-order valence-electron chi connectivity index (χ4n) is 3.38. The van der Waals surface area contributed by atoms with Gasteiger partial charge in [0.15, 0.2) is 0 Å². The molecule has 0 spiro atoms. The lowest BCUT2D eigenvalue weighted by atomic mass is 10.0. The Morgan fingerprint density at radius 1 is 1.07 bits per heavy atom. The van der Waals surface area contributed by atoms with E-state index in [2.05, 4.69) is 5.32 Å². The Morgan fingerprint density at radius 2 is 1.73 bits per heavy atom. The summed E-state index contributed by atoms with van der Waals surface area (Å²) in [6.45, 7) is 10.8. The van der Waals surface area contributed by atoms with Crippen molar-refractivity contribution in [1.82, 2.24) is 10.2 Å². The first-order valence-electron chi connectivity index (χ1n) is 10.6. The Hall–Kier alpha value is -2.69. The van der Waals surface area contributed by atoms with Crippen molar-refractivity contribution in [1.29, 1.82) is 0 Å². The number of aryl methyl sites for hydroxylation is 2. The van der Waals surface area contributed by atoms with Crippen LogP contribution in [-0.2, 0) is 22.6 Å². The molecule has 30 heavy (non-hydrogen) atoms. The van der Waals surface area contributed by atoms with E-state index in [1.54, 1.807) is 17.0 Å². The molecule has 0 saturated carbocycles. The smallest absolute Gasteiger partial charge is 0.242 e. The number of nitrogens with zero attached hydrogens (tertiary/aromatic N) is 1. The zero-order chi connectivity index (χ0) is 22.3. The van der Waals surface area contributed by atoms with Crippen molar-refractivity contribution < 1.29 is 14.0 Å². The Kier molecular flexibility index (Phi) is 8.58. The fourth-order valence-corrected chi connectivity index (χ4v) is 3.38. The van der Waals surface area contributed by atoms with Crippen LogP contribution in [0.15, 0.2) is 42.5 Å². The van der Waals surface area contributed by atoms with E-state index in [1.807, 2.05) is 52.8 Å². The Balaban J connectivity index is 2.30. The van der Waals surface area contributed by atoms with Crippen LogP contribution in [0, 0.1) is 25.6 Å². The number of carbonyl (C=O) groups is 2. The highest BCUT2D eigenvalue weighted by atomic mass is 19.1. The van der Waals surface area contributed by atoms with Gasteiger partial charge < -0.3 is 10.2 Å². The molecule has 0 aromatic heterocycles. The van der Waals surface area contributed by atoms with E-state index in [0.29, 0.717) is 18.9 Å². The maximum Gasteiger partial charge on any atom is 0.242 e. The molecule has 0 fully saturated rings. The first-order chi connectivity index (χ1) is 14.2. The molecular formula is C25H33FN2O2. The molecule has 1 N–H and O–H groups in total. The highest BCUT2D eigenvalue weighted by Gasteiger charge is 2.29. The number of rotatable bonds is 9. The van der Waals surface area contributed by atoms with Crippen molar-refractivity contribution in [2.24, 2.45) is 5.92 Å². The van der Waals surface area contributed by atoms with E-state index in [-0.39, 0.29) is 30.6 Å². The summed E-state index contributed by atoms with van der Waals surface area (Å²) >= 11 is 0. The van der Waals surface area contributed by atoms with Crippen LogP contribution in [0.25, 0.3) is 0 Å². The molecule has 0 heterocycles. The predicted molar refractivity (Wildman–Crippen MR) is 118 cm³/mol. The van der Waals surface area contributed by atoms with E-state index in [9.17, 15) is 14.0 Å². The van der Waals surface area contributed by atoms with Crippen LogP contribution in [0.4, 0.5) is 4.39 Å². The Morgan fingerprint density at radius 3 is 2.33 bits per heavy atom. The standard InChI is InChI=1S/C25H33FN2O2/c1-6-23(25(30)27-15-17(2)3)28(16-20-9-11-22(26)12-10-20)24(29)14-21-13-18(4)7-8-19(21)5/h7-13,17,23H,6,14-16H2,1-5H3,(H,27,30)/t23-/m0/s1. The molecule has 0 aliphatic heterocycles. The van der Waals surface area contributed by atoms with Gasteiger partial charge in [-0.15, -0.1) is 0 Å². The zero-order valence-corrected chi connectivity index (χ0v) is 18.7. The van der Waals surface area contributed by atoms with Crippen LogP contribution in [-0.4, -0.2) is 29.3 Å². The summed E-state index contributed by atoms with van der Waals surface area (Å²) in [5.74, 6) is -0.265. The van der Waals surface area contributed by atoms with Gasteiger partial charge in [0, 0.05) is 13.1 Å². The SMILES string of the molecule is CC[C@@H](C(=O)NCC(C)C)N(Cc1ccc(F)cc1)C(=O)Cc1cc(C)ccc1C. The van der Waals surface area contributed by atoms with Gasteiger partial charge in [-0.3, -0.25) is 9.59 Å². The van der Waals surface area contributed by atoms with Gasteiger partial charge in [0.2, 0.25) is 11.8 Å². The number of hydrogen-bond acceptors (Lipinski definition) is 2. The lowest BCUT2D eigenvalue weighted by molar-refractivity contribution is -0.141. The summed E-state index contributed by atoms with van der Waals surface area (Å²) in [5.41, 5.74) is 3.89. The van der Waals surface area contributed by atoms with Gasteiger partial charge in [-0.2, -0.15) is 0 Å². The summed E-state index contributed by atoms with van der Waals surface area (Å²) in [6.07, 6.45) is 0.729. The van der Waals surface area contributed by atoms with Crippen molar-refractivity contribution in [2.45, 2.75) is 60.0 Å². The Bertz CT molecular complexity index is 862. The van der Waals surface area contributed by atoms with E-state index in [1.165, 1.54) is 12.1 Å². The normalized spacial score (nSPS) is 12.0. The van der Waals surface area contributed by atoms with Crippen LogP contribution in [0.3, 0.4) is 0 Å². The predicted octanol–water partition coefficient (Wildman–Crippen LogP) is 4.56. The lowest BCUT2D eigenvalue weighted by Gasteiger charge is -2.31. The van der Waals surface area contributed by atoms with Gasteiger partial charge in [-0.1, -0.05) is 56.7 Å². The Labute approximate surface area is 179 Å². The molecule has 2 amide bonds. The summed E-state index contributed by atoms with van der Waals surface area (Å²) < 4.78 is 13.3. The van der Waals surface area contributed by atoms with Gasteiger partial charge in [0.05, 0.1) is 6.42 Å². The first-order valence-corrected chi connectivity index (χ1v) is 10.6. The quantitative estimate of drug-likeness (QED) is 0.656. The molecule has 1 atom stereocenters. The summed E-state index contributed by atoms with van der Waals surface area (Å²) in [7, 11) is 0. The van der Waals surface area contributed by atoms with Crippen molar-refractivity contribution in [3.8, 4) is 0 Å². The van der Waals surface area contributed by atoms with Crippen LogP contribution in [0.2, 0.25) is 0 Å². The zero-order valence-electron chi connectivity index (χ0n) is 18.7. The number of nitrogens with one attached hydrogen (secondary N) is 1. The number of hydrogen-bond donors (Lipinski definition) is 1. The van der Waals surface area contributed by atoms with Crippen LogP contribution < -0.4 is 5.32 Å². The van der Waals surface area contributed by atoms with Gasteiger partial charge in [-0.05, 0) is 55.0 Å². The number of amides is 2. The second-order valence-electron chi connectivity index (χ2n) is 8.32. The van der Waals surface area contributed by atoms with Crippen molar-refractivity contribution in [3.63, 3.8) is 0 Å². The van der Waals surface area contributed by atoms with Crippen LogP contribution >= 0.6 is 0 Å².